The van der Waals surface area contributed by atoms with E-state index < -0.39 is 0 Å². The highest BCUT2D eigenvalue weighted by atomic mass is 16.1. The summed E-state index contributed by atoms with van der Waals surface area (Å²) in [5, 5.41) is 3.06. The number of nitrogens with two attached hydrogens (primary N) is 1. The highest BCUT2D eigenvalue weighted by Gasteiger charge is 2.27. The van der Waals surface area contributed by atoms with Gasteiger partial charge < -0.3 is 11.1 Å². The fraction of sp³-hybridized carbons (Fsp3) is 0.917. The lowest BCUT2D eigenvalue weighted by atomic mass is 9.97. The van der Waals surface area contributed by atoms with Crippen LogP contribution in [0.15, 0.2) is 0 Å². The van der Waals surface area contributed by atoms with Crippen LogP contribution in [0, 0.1) is 5.92 Å². The van der Waals surface area contributed by atoms with Crippen LogP contribution in [0.4, 0.5) is 0 Å². The summed E-state index contributed by atoms with van der Waals surface area (Å²) < 4.78 is 0. The number of amides is 1. The minimum absolute atomic E-state index is 0.0835. The summed E-state index contributed by atoms with van der Waals surface area (Å²) in [5.74, 6) is 0.557. The largest absolute Gasteiger partial charge is 0.351 e. The molecule has 1 rings (SSSR count). The van der Waals surface area contributed by atoms with Gasteiger partial charge in [0.2, 0.25) is 5.91 Å². The smallest absolute Gasteiger partial charge is 0.220 e. The molecule has 0 aliphatic heterocycles. The second-order valence-corrected chi connectivity index (χ2v) is 5.34. The average molecular weight is 212 g/mol. The minimum atomic E-state index is -0.0835. The number of hydrogen-bond donors (Lipinski definition) is 2. The summed E-state index contributed by atoms with van der Waals surface area (Å²) in [6.45, 7) is 6.19. The van der Waals surface area contributed by atoms with Crippen molar-refractivity contribution in [1.29, 1.82) is 0 Å². The van der Waals surface area contributed by atoms with Gasteiger partial charge in [0.05, 0.1) is 0 Å². The molecule has 1 amide bonds. The maximum atomic E-state index is 11.8. The molecule has 1 aliphatic carbocycles. The molecule has 88 valence electrons. The zero-order valence-corrected chi connectivity index (χ0v) is 10.2. The van der Waals surface area contributed by atoms with Gasteiger partial charge in [-0.1, -0.05) is 13.3 Å². The quantitative estimate of drug-likeness (QED) is 0.746. The second kappa shape index (κ2) is 4.97. The molecule has 15 heavy (non-hydrogen) atoms. The minimum Gasteiger partial charge on any atom is -0.351 e. The molecule has 1 saturated carbocycles. The molecule has 3 heteroatoms. The molecule has 0 aromatic heterocycles. The molecule has 0 heterocycles. The summed E-state index contributed by atoms with van der Waals surface area (Å²) in [7, 11) is 0. The van der Waals surface area contributed by atoms with E-state index in [0.29, 0.717) is 12.3 Å². The predicted molar refractivity (Wildman–Crippen MR) is 62.4 cm³/mol. The highest BCUT2D eigenvalue weighted by molar-refractivity contribution is 5.77. The maximum Gasteiger partial charge on any atom is 0.220 e. The monoisotopic (exact) mass is 212 g/mol. The summed E-state index contributed by atoms with van der Waals surface area (Å²) in [6, 6.07) is 0.237. The molecule has 0 saturated heterocycles. The van der Waals surface area contributed by atoms with E-state index in [-0.39, 0.29) is 17.5 Å². The lowest BCUT2D eigenvalue weighted by Crippen LogP contribution is -2.44. The van der Waals surface area contributed by atoms with Crippen molar-refractivity contribution in [3.05, 3.63) is 0 Å². The molecule has 3 nitrogen and oxygen atoms in total. The van der Waals surface area contributed by atoms with Crippen molar-refractivity contribution < 1.29 is 4.79 Å². The van der Waals surface area contributed by atoms with Gasteiger partial charge in [0.1, 0.15) is 0 Å². The van der Waals surface area contributed by atoms with Crippen LogP contribution in [0.2, 0.25) is 0 Å². The van der Waals surface area contributed by atoms with Crippen LogP contribution in [0.5, 0.6) is 0 Å². The first kappa shape index (κ1) is 12.5. The van der Waals surface area contributed by atoms with Crippen LogP contribution in [-0.4, -0.2) is 17.5 Å². The molecule has 0 aromatic carbocycles. The van der Waals surface area contributed by atoms with Crippen LogP contribution >= 0.6 is 0 Å². The van der Waals surface area contributed by atoms with Crippen LogP contribution in [0.25, 0.3) is 0 Å². The Morgan fingerprint density at radius 2 is 2.13 bits per heavy atom. The lowest BCUT2D eigenvalue weighted by Gasteiger charge is -2.26. The van der Waals surface area contributed by atoms with Crippen molar-refractivity contribution in [1.82, 2.24) is 5.32 Å². The Morgan fingerprint density at radius 1 is 1.47 bits per heavy atom. The molecule has 3 N–H and O–H groups in total. The molecule has 0 unspecified atom stereocenters. The Morgan fingerprint density at radius 3 is 2.60 bits per heavy atom. The fourth-order valence-electron chi connectivity index (χ4n) is 2.07. The van der Waals surface area contributed by atoms with E-state index in [1.54, 1.807) is 0 Å². The van der Waals surface area contributed by atoms with E-state index in [2.05, 4.69) is 26.1 Å². The maximum absolute atomic E-state index is 11.8. The molecule has 0 radical (unpaired) electrons. The SMILES string of the molecule is CCC(C)(C)NC(=O)C[C@@H]1CCC[C@H]1N. The first-order chi connectivity index (χ1) is 6.94. The van der Waals surface area contributed by atoms with Crippen molar-refractivity contribution in [2.24, 2.45) is 11.7 Å². The molecular weight excluding hydrogens is 188 g/mol. The summed E-state index contributed by atoms with van der Waals surface area (Å²) in [6.07, 6.45) is 4.92. The van der Waals surface area contributed by atoms with Crippen LogP contribution in [0.1, 0.15) is 52.9 Å². The van der Waals surface area contributed by atoms with Gasteiger partial charge in [-0.3, -0.25) is 4.79 Å². The predicted octanol–water partition coefficient (Wildman–Crippen LogP) is 1.81. The topological polar surface area (TPSA) is 55.1 Å². The molecule has 1 fully saturated rings. The second-order valence-electron chi connectivity index (χ2n) is 5.34. The zero-order chi connectivity index (χ0) is 11.5. The Balaban J connectivity index is 2.36. The number of nitrogens with one attached hydrogen (secondary N) is 1. The molecule has 0 bridgehead atoms. The van der Waals surface area contributed by atoms with Crippen molar-refractivity contribution in [2.75, 3.05) is 0 Å². The molecule has 2 atom stereocenters. The molecule has 0 spiro atoms. The van der Waals surface area contributed by atoms with Crippen molar-refractivity contribution in [2.45, 2.75) is 64.5 Å². The first-order valence-corrected chi connectivity index (χ1v) is 6.01. The van der Waals surface area contributed by atoms with Crippen molar-refractivity contribution in [3.8, 4) is 0 Å². The molecular formula is C12H24N2O. The van der Waals surface area contributed by atoms with Crippen LogP contribution < -0.4 is 11.1 Å². The summed E-state index contributed by atoms with van der Waals surface area (Å²) in [5.41, 5.74) is 5.86. The van der Waals surface area contributed by atoms with Gasteiger partial charge in [-0.25, -0.2) is 0 Å². The van der Waals surface area contributed by atoms with Crippen molar-refractivity contribution in [3.63, 3.8) is 0 Å². The van der Waals surface area contributed by atoms with Crippen LogP contribution in [-0.2, 0) is 4.79 Å². The van der Waals surface area contributed by atoms with E-state index in [9.17, 15) is 4.79 Å². The van der Waals surface area contributed by atoms with E-state index in [4.69, 9.17) is 5.73 Å². The van der Waals surface area contributed by atoms with Gasteiger partial charge in [0.25, 0.3) is 0 Å². The van der Waals surface area contributed by atoms with E-state index in [1.807, 2.05) is 0 Å². The standard InChI is InChI=1S/C12H24N2O/c1-4-12(2,3)14-11(15)8-9-6-5-7-10(9)13/h9-10H,4-8,13H2,1-3H3,(H,14,15)/t9-,10+/m0/s1. The lowest BCUT2D eigenvalue weighted by molar-refractivity contribution is -0.123. The third-order valence-electron chi connectivity index (χ3n) is 3.53. The van der Waals surface area contributed by atoms with Crippen molar-refractivity contribution >= 4 is 5.91 Å². The Labute approximate surface area is 92.8 Å². The molecule has 1 aliphatic rings. The summed E-state index contributed by atoms with van der Waals surface area (Å²) >= 11 is 0. The Kier molecular flexibility index (Phi) is 4.14. The third-order valence-corrected chi connectivity index (χ3v) is 3.53. The highest BCUT2D eigenvalue weighted by Crippen LogP contribution is 2.26. The number of carbonyl (C=O) groups is 1. The van der Waals surface area contributed by atoms with Gasteiger partial charge in [0.15, 0.2) is 0 Å². The normalized spacial score (nSPS) is 26.7. The van der Waals surface area contributed by atoms with Gasteiger partial charge in [-0.05, 0) is 39.0 Å². The Hall–Kier alpha value is -0.570. The van der Waals surface area contributed by atoms with Gasteiger partial charge in [-0.15, -0.1) is 0 Å². The Bertz CT molecular complexity index is 226. The average Bonchev–Trinajstić information content (AvgIpc) is 2.51. The zero-order valence-electron chi connectivity index (χ0n) is 10.2. The fourth-order valence-corrected chi connectivity index (χ4v) is 2.07. The van der Waals surface area contributed by atoms with Gasteiger partial charge in [-0.2, -0.15) is 0 Å². The third kappa shape index (κ3) is 3.82. The number of carbonyl (C=O) groups excluding carboxylic acids is 1. The van der Waals surface area contributed by atoms with E-state index in [1.165, 1.54) is 6.42 Å². The van der Waals surface area contributed by atoms with E-state index in [0.717, 1.165) is 19.3 Å². The summed E-state index contributed by atoms with van der Waals surface area (Å²) in [4.78, 5) is 11.8. The van der Waals surface area contributed by atoms with Gasteiger partial charge in [0, 0.05) is 18.0 Å². The molecule has 0 aromatic rings. The van der Waals surface area contributed by atoms with E-state index >= 15 is 0 Å². The first-order valence-electron chi connectivity index (χ1n) is 6.01. The van der Waals surface area contributed by atoms with Gasteiger partial charge >= 0.3 is 0 Å². The van der Waals surface area contributed by atoms with Crippen LogP contribution in [0.3, 0.4) is 0 Å². The number of hydrogen-bond acceptors (Lipinski definition) is 2. The number of rotatable bonds is 4.